The molecule has 1 saturated heterocycles. The number of nitrogens with two attached hydrogens (primary N) is 1. The molecule has 2 aromatic heterocycles. The number of benzene rings is 1. The van der Waals surface area contributed by atoms with Crippen LogP contribution in [0, 0.1) is 23.2 Å². The summed E-state index contributed by atoms with van der Waals surface area (Å²) in [6.07, 6.45) is 3.67. The number of rotatable bonds is 6. The maximum Gasteiger partial charge on any atom is 0.238 e. The topological polar surface area (TPSA) is 147 Å². The van der Waals surface area contributed by atoms with Crippen LogP contribution in [0.3, 0.4) is 0 Å². The molecule has 4 N–H and O–H groups in total. The van der Waals surface area contributed by atoms with E-state index in [4.69, 9.17) is 14.3 Å². The van der Waals surface area contributed by atoms with Crippen molar-refractivity contribution in [1.82, 2.24) is 9.88 Å². The largest absolute Gasteiger partial charge is 0.495 e. The van der Waals surface area contributed by atoms with Crippen LogP contribution in [-0.2, 0) is 10.0 Å². The van der Waals surface area contributed by atoms with E-state index in [1.807, 2.05) is 6.07 Å². The van der Waals surface area contributed by atoms with Crippen LogP contribution in [0.25, 0.3) is 11.0 Å². The smallest absolute Gasteiger partial charge is 0.238 e. The van der Waals surface area contributed by atoms with E-state index in [1.54, 1.807) is 12.3 Å². The van der Waals surface area contributed by atoms with Crippen molar-refractivity contribution in [3.8, 4) is 23.7 Å². The van der Waals surface area contributed by atoms with E-state index in [9.17, 15) is 13.7 Å². The predicted molar refractivity (Wildman–Crippen MR) is 133 cm³/mol. The summed E-state index contributed by atoms with van der Waals surface area (Å²) in [5.74, 6) is 7.17. The molecule has 0 amide bonds. The van der Waals surface area contributed by atoms with E-state index < -0.39 is 10.0 Å². The van der Waals surface area contributed by atoms with Gasteiger partial charge < -0.3 is 24.7 Å². The van der Waals surface area contributed by atoms with Crippen LogP contribution in [-0.4, -0.2) is 58.1 Å². The van der Waals surface area contributed by atoms with Crippen LogP contribution in [0.15, 0.2) is 39.8 Å². The van der Waals surface area contributed by atoms with E-state index in [-0.39, 0.29) is 17.2 Å². The maximum atomic E-state index is 11.6. The molecule has 35 heavy (non-hydrogen) atoms. The van der Waals surface area contributed by atoms with Gasteiger partial charge in [-0.1, -0.05) is 11.8 Å². The third-order valence-corrected chi connectivity index (χ3v) is 6.74. The summed E-state index contributed by atoms with van der Waals surface area (Å²) in [5, 5.41) is 22.0. The molecule has 1 aliphatic rings. The molecular weight excluding hydrogens is 468 g/mol. The normalized spacial score (nSPS) is 14.7. The molecular formula is C24H26N6O4S. The number of piperidine rings is 1. The third kappa shape index (κ3) is 5.66. The van der Waals surface area contributed by atoms with Crippen molar-refractivity contribution in [3.63, 3.8) is 0 Å². The average Bonchev–Trinajstić information content (AvgIpc) is 3.19. The van der Waals surface area contributed by atoms with Gasteiger partial charge in [0, 0.05) is 17.5 Å². The Labute approximate surface area is 204 Å². The van der Waals surface area contributed by atoms with Gasteiger partial charge in [-0.2, -0.15) is 5.26 Å². The number of primary sulfonamides is 1. The zero-order valence-corrected chi connectivity index (χ0v) is 20.3. The number of nitrogens with zero attached hydrogens (tertiary/aromatic N) is 3. The van der Waals surface area contributed by atoms with Crippen molar-refractivity contribution < 1.29 is 17.6 Å². The highest BCUT2D eigenvalue weighted by Gasteiger charge is 2.18. The first kappa shape index (κ1) is 24.4. The Balaban J connectivity index is 1.52. The molecule has 1 aliphatic heterocycles. The monoisotopic (exact) mass is 494 g/mol. The number of pyridine rings is 1. The van der Waals surface area contributed by atoms with Crippen molar-refractivity contribution >= 4 is 32.5 Å². The van der Waals surface area contributed by atoms with Gasteiger partial charge in [-0.3, -0.25) is 0 Å². The second-order valence-corrected chi connectivity index (χ2v) is 9.83. The van der Waals surface area contributed by atoms with Gasteiger partial charge in [-0.25, -0.2) is 18.5 Å². The Morgan fingerprint density at radius 3 is 2.77 bits per heavy atom. The number of likely N-dealkylation sites (tertiary alicyclic amines) is 1. The first-order valence-corrected chi connectivity index (χ1v) is 12.5. The number of nitrogens with one attached hydrogen (secondary N) is 2. The Morgan fingerprint density at radius 1 is 1.31 bits per heavy atom. The summed E-state index contributed by atoms with van der Waals surface area (Å²) >= 11 is 0. The molecule has 3 heterocycles. The van der Waals surface area contributed by atoms with Gasteiger partial charge in [0.2, 0.25) is 15.8 Å². The van der Waals surface area contributed by atoms with Gasteiger partial charge >= 0.3 is 0 Å². The summed E-state index contributed by atoms with van der Waals surface area (Å²) < 4.78 is 34.0. The molecule has 0 bridgehead atoms. The highest BCUT2D eigenvalue weighted by molar-refractivity contribution is 7.89. The highest BCUT2D eigenvalue weighted by atomic mass is 32.2. The van der Waals surface area contributed by atoms with Crippen LogP contribution in [0.4, 0.5) is 11.5 Å². The molecule has 0 unspecified atom stereocenters. The van der Waals surface area contributed by atoms with Crippen LogP contribution in [0.5, 0.6) is 5.75 Å². The number of methoxy groups -OCH3 is 1. The fraction of sp³-hybridized carbons (Fsp3) is 0.333. The van der Waals surface area contributed by atoms with E-state index in [2.05, 4.69) is 45.5 Å². The quantitative estimate of drug-likeness (QED) is 0.439. The van der Waals surface area contributed by atoms with Crippen LogP contribution in [0.2, 0.25) is 0 Å². The molecule has 0 radical (unpaired) electrons. The standard InChI is InChI=1S/C24H26N6O4S/c1-30-10-7-16(8-11-30)29-24-13-19-18(22(14-25)34-23(19)15-28-24)4-3-9-27-20-6-5-17(35(26,31)32)12-21(20)33-2/h5-6,12-13,15-16,27H,7-11H2,1-2H3,(H,28,29)(H2,26,31,32). The van der Waals surface area contributed by atoms with Gasteiger partial charge in [-0.15, -0.1) is 0 Å². The lowest BCUT2D eigenvalue weighted by Crippen LogP contribution is -2.36. The van der Waals surface area contributed by atoms with E-state index in [0.29, 0.717) is 28.6 Å². The molecule has 10 nitrogen and oxygen atoms in total. The maximum absolute atomic E-state index is 11.6. The lowest BCUT2D eigenvalue weighted by Gasteiger charge is -2.29. The lowest BCUT2D eigenvalue weighted by atomic mass is 10.1. The molecule has 182 valence electrons. The second kappa shape index (κ2) is 10.2. The molecule has 1 aromatic carbocycles. The molecule has 4 rings (SSSR count). The van der Waals surface area contributed by atoms with Crippen LogP contribution < -0.4 is 20.5 Å². The van der Waals surface area contributed by atoms with Crippen LogP contribution >= 0.6 is 0 Å². The first-order valence-electron chi connectivity index (χ1n) is 11.0. The third-order valence-electron chi connectivity index (χ3n) is 5.83. The van der Waals surface area contributed by atoms with Gasteiger partial charge in [0.05, 0.1) is 36.0 Å². The number of sulfonamides is 1. The number of furan rings is 1. The number of nitriles is 1. The van der Waals surface area contributed by atoms with Crippen molar-refractivity contribution in [2.45, 2.75) is 23.8 Å². The number of ether oxygens (including phenoxy) is 1. The number of anilines is 2. The van der Waals surface area contributed by atoms with Crippen LogP contribution in [0.1, 0.15) is 24.2 Å². The molecule has 0 spiro atoms. The van der Waals surface area contributed by atoms with Crippen molar-refractivity contribution in [2.75, 3.05) is 44.4 Å². The second-order valence-electron chi connectivity index (χ2n) is 8.27. The summed E-state index contributed by atoms with van der Waals surface area (Å²) in [7, 11) is -0.293. The summed E-state index contributed by atoms with van der Waals surface area (Å²) in [5.41, 5.74) is 1.54. The number of fused-ring (bicyclic) bond motifs is 1. The summed E-state index contributed by atoms with van der Waals surface area (Å²) in [4.78, 5) is 6.69. The average molecular weight is 495 g/mol. The minimum atomic E-state index is -3.84. The van der Waals surface area contributed by atoms with E-state index >= 15 is 0 Å². The predicted octanol–water partition coefficient (Wildman–Crippen LogP) is 2.33. The van der Waals surface area contributed by atoms with Crippen molar-refractivity contribution in [1.29, 1.82) is 5.26 Å². The molecule has 11 heteroatoms. The number of hydrogen-bond donors (Lipinski definition) is 3. The Morgan fingerprint density at radius 2 is 2.09 bits per heavy atom. The molecule has 0 saturated carbocycles. The fourth-order valence-corrected chi connectivity index (χ4v) is 4.44. The number of aromatic nitrogens is 1. The minimum Gasteiger partial charge on any atom is -0.495 e. The molecule has 0 atom stereocenters. The Bertz CT molecular complexity index is 1440. The zero-order valence-electron chi connectivity index (χ0n) is 19.5. The Kier molecular flexibility index (Phi) is 7.12. The van der Waals surface area contributed by atoms with Gasteiger partial charge in [-0.05, 0) is 51.2 Å². The first-order chi connectivity index (χ1) is 16.8. The molecule has 1 fully saturated rings. The van der Waals surface area contributed by atoms with E-state index in [1.165, 1.54) is 19.2 Å². The molecule has 0 aliphatic carbocycles. The van der Waals surface area contributed by atoms with Gasteiger partial charge in [0.1, 0.15) is 17.6 Å². The SMILES string of the molecule is COc1cc(S(N)(=O)=O)ccc1NCC#Cc1c(C#N)oc2cnc(NC3CCN(C)CC3)cc12. The fourth-order valence-electron chi connectivity index (χ4n) is 3.91. The van der Waals surface area contributed by atoms with E-state index in [0.717, 1.165) is 37.1 Å². The van der Waals surface area contributed by atoms with Gasteiger partial charge in [0.15, 0.2) is 5.58 Å². The number of hydrogen-bond acceptors (Lipinski definition) is 9. The van der Waals surface area contributed by atoms with Gasteiger partial charge in [0.25, 0.3) is 0 Å². The Hall–Kier alpha value is -3.77. The molecule has 3 aromatic rings. The minimum absolute atomic E-state index is 0.0483. The van der Waals surface area contributed by atoms with Crippen molar-refractivity contribution in [3.05, 3.63) is 41.8 Å². The lowest BCUT2D eigenvalue weighted by molar-refractivity contribution is 0.263. The van der Waals surface area contributed by atoms with Crippen molar-refractivity contribution in [2.24, 2.45) is 5.14 Å². The summed E-state index contributed by atoms with van der Waals surface area (Å²) in [6, 6.07) is 8.55. The zero-order chi connectivity index (χ0) is 25.0. The summed E-state index contributed by atoms with van der Waals surface area (Å²) in [6.45, 7) is 2.28. The highest BCUT2D eigenvalue weighted by Crippen LogP contribution is 2.28.